The molecular formula is C24H29ClN4O3S. The van der Waals surface area contributed by atoms with E-state index in [4.69, 9.17) is 11.6 Å². The fourth-order valence-corrected chi connectivity index (χ4v) is 5.63. The van der Waals surface area contributed by atoms with Gasteiger partial charge >= 0.3 is 0 Å². The van der Waals surface area contributed by atoms with E-state index in [0.29, 0.717) is 33.7 Å². The zero-order valence-electron chi connectivity index (χ0n) is 19.7. The average molecular weight is 489 g/mol. The molecule has 33 heavy (non-hydrogen) atoms. The van der Waals surface area contributed by atoms with Crippen molar-refractivity contribution < 1.29 is 13.2 Å². The van der Waals surface area contributed by atoms with E-state index in [1.165, 1.54) is 4.68 Å². The fraction of sp³-hybridized carbons (Fsp3) is 0.333. The van der Waals surface area contributed by atoms with Crippen molar-refractivity contribution >= 4 is 38.9 Å². The van der Waals surface area contributed by atoms with Gasteiger partial charge in [0, 0.05) is 17.8 Å². The topological polar surface area (TPSA) is 84.3 Å². The van der Waals surface area contributed by atoms with Crippen molar-refractivity contribution in [3.63, 3.8) is 0 Å². The highest BCUT2D eigenvalue weighted by Crippen LogP contribution is 2.29. The van der Waals surface area contributed by atoms with Crippen LogP contribution in [-0.2, 0) is 21.9 Å². The van der Waals surface area contributed by atoms with E-state index in [9.17, 15) is 13.2 Å². The lowest BCUT2D eigenvalue weighted by atomic mass is 10.0. The van der Waals surface area contributed by atoms with E-state index in [-0.39, 0.29) is 4.90 Å². The number of rotatable bonds is 7. The van der Waals surface area contributed by atoms with Crippen molar-refractivity contribution in [2.75, 3.05) is 16.2 Å². The Bertz CT molecular complexity index is 1280. The third-order valence-electron chi connectivity index (χ3n) is 5.60. The molecule has 3 aromatic rings. The highest BCUT2D eigenvalue weighted by Gasteiger charge is 2.32. The minimum Gasteiger partial charge on any atom is -0.324 e. The maximum atomic E-state index is 13.8. The molecule has 1 heterocycles. The number of anilines is 2. The second-order valence-corrected chi connectivity index (χ2v) is 10.6. The number of hydrogen-bond acceptors (Lipinski definition) is 4. The molecule has 176 valence electrons. The minimum absolute atomic E-state index is 0.102. The average Bonchev–Trinajstić information content (AvgIpc) is 3.00. The van der Waals surface area contributed by atoms with Crippen molar-refractivity contribution in [1.82, 2.24) is 9.78 Å². The third kappa shape index (κ3) is 5.23. The van der Waals surface area contributed by atoms with E-state index < -0.39 is 22.5 Å². The lowest BCUT2D eigenvalue weighted by Crippen LogP contribution is -2.38. The number of amides is 1. The highest BCUT2D eigenvalue weighted by molar-refractivity contribution is 7.93. The molecule has 0 aliphatic heterocycles. The van der Waals surface area contributed by atoms with Gasteiger partial charge in [0.1, 0.15) is 11.4 Å². The molecule has 2 aromatic carbocycles. The standard InChI is InChI=1S/C24H29ClN4O3S/c1-15(2)19-8-11-21(12-9-19)29(33(31,32)24-17(4)27-28(6)18(24)5)14-23(30)26-22-13-20(25)10-7-16(22)3/h7-13,15H,14H2,1-6H3,(H,26,30). The van der Waals surface area contributed by atoms with Gasteiger partial charge in [-0.1, -0.05) is 43.6 Å². The van der Waals surface area contributed by atoms with Gasteiger partial charge in [-0.25, -0.2) is 8.42 Å². The molecule has 3 rings (SSSR count). The number of nitrogens with one attached hydrogen (secondary N) is 1. The number of aryl methyl sites for hydroxylation is 3. The maximum absolute atomic E-state index is 13.8. The van der Waals surface area contributed by atoms with Gasteiger partial charge in [0.25, 0.3) is 10.0 Å². The van der Waals surface area contributed by atoms with E-state index in [2.05, 4.69) is 24.3 Å². The Morgan fingerprint density at radius 3 is 2.30 bits per heavy atom. The highest BCUT2D eigenvalue weighted by atomic mass is 35.5. The summed E-state index contributed by atoms with van der Waals surface area (Å²) < 4.78 is 30.2. The van der Waals surface area contributed by atoms with Gasteiger partial charge in [-0.15, -0.1) is 0 Å². The van der Waals surface area contributed by atoms with Crippen molar-refractivity contribution in [1.29, 1.82) is 0 Å². The summed E-state index contributed by atoms with van der Waals surface area (Å²) in [4.78, 5) is 13.1. The minimum atomic E-state index is -4.07. The molecule has 0 saturated heterocycles. The first-order valence-corrected chi connectivity index (χ1v) is 12.4. The largest absolute Gasteiger partial charge is 0.324 e. The summed E-state index contributed by atoms with van der Waals surface area (Å²) in [6.45, 7) is 8.91. The molecule has 1 aromatic heterocycles. The first-order chi connectivity index (χ1) is 15.4. The lowest BCUT2D eigenvalue weighted by molar-refractivity contribution is -0.114. The second kappa shape index (κ2) is 9.57. The van der Waals surface area contributed by atoms with Crippen LogP contribution >= 0.6 is 11.6 Å². The SMILES string of the molecule is Cc1ccc(Cl)cc1NC(=O)CN(c1ccc(C(C)C)cc1)S(=O)(=O)c1c(C)nn(C)c1C. The smallest absolute Gasteiger partial charge is 0.268 e. The van der Waals surface area contributed by atoms with Crippen LogP contribution in [0, 0.1) is 20.8 Å². The number of carbonyl (C=O) groups is 1. The molecule has 0 saturated carbocycles. The van der Waals surface area contributed by atoms with Crippen LogP contribution < -0.4 is 9.62 Å². The van der Waals surface area contributed by atoms with Crippen molar-refractivity contribution in [2.24, 2.45) is 7.05 Å². The quantitative estimate of drug-likeness (QED) is 0.509. The lowest BCUT2D eigenvalue weighted by Gasteiger charge is -2.25. The number of benzene rings is 2. The zero-order chi connectivity index (χ0) is 24.5. The van der Waals surface area contributed by atoms with Crippen molar-refractivity contribution in [3.05, 3.63) is 70.0 Å². The van der Waals surface area contributed by atoms with Crippen LogP contribution in [0.1, 0.15) is 42.3 Å². The molecule has 7 nitrogen and oxygen atoms in total. The summed E-state index contributed by atoms with van der Waals surface area (Å²) in [6.07, 6.45) is 0. The zero-order valence-corrected chi connectivity index (χ0v) is 21.3. The fourth-order valence-electron chi connectivity index (χ4n) is 3.63. The Morgan fingerprint density at radius 2 is 1.76 bits per heavy atom. The monoisotopic (exact) mass is 488 g/mol. The number of nitrogens with zero attached hydrogens (tertiary/aromatic N) is 3. The van der Waals surface area contributed by atoms with Gasteiger partial charge in [-0.05, 0) is 62.1 Å². The van der Waals surface area contributed by atoms with Crippen molar-refractivity contribution in [3.8, 4) is 0 Å². The van der Waals surface area contributed by atoms with Crippen LogP contribution in [0.4, 0.5) is 11.4 Å². The second-order valence-electron chi connectivity index (χ2n) is 8.39. The Labute approximate surface area is 200 Å². The number of halogens is 1. The normalized spacial score (nSPS) is 11.6. The van der Waals surface area contributed by atoms with Gasteiger partial charge in [0.15, 0.2) is 0 Å². The van der Waals surface area contributed by atoms with Crippen LogP contribution in [0.3, 0.4) is 0 Å². The summed E-state index contributed by atoms with van der Waals surface area (Å²) in [5.74, 6) is -0.183. The summed E-state index contributed by atoms with van der Waals surface area (Å²) in [5, 5.41) is 7.52. The Balaban J connectivity index is 2.03. The molecule has 1 N–H and O–H groups in total. The molecule has 0 atom stereocenters. The third-order valence-corrected chi connectivity index (χ3v) is 7.86. The van der Waals surface area contributed by atoms with Gasteiger partial charge in [0.2, 0.25) is 5.91 Å². The number of sulfonamides is 1. The Hall–Kier alpha value is -2.84. The van der Waals surface area contributed by atoms with Crippen LogP contribution in [0.2, 0.25) is 5.02 Å². The molecule has 0 bridgehead atoms. The molecule has 0 fully saturated rings. The van der Waals surface area contributed by atoms with Crippen molar-refractivity contribution in [2.45, 2.75) is 45.4 Å². The van der Waals surface area contributed by atoms with Gasteiger partial charge < -0.3 is 5.32 Å². The molecule has 0 unspecified atom stereocenters. The molecule has 0 aliphatic carbocycles. The van der Waals surface area contributed by atoms with Gasteiger partial charge in [-0.2, -0.15) is 5.10 Å². The summed E-state index contributed by atoms with van der Waals surface area (Å²) in [6, 6.07) is 12.4. The maximum Gasteiger partial charge on any atom is 0.268 e. The van der Waals surface area contributed by atoms with Crippen LogP contribution in [0.15, 0.2) is 47.4 Å². The summed E-state index contributed by atoms with van der Waals surface area (Å²) >= 11 is 6.07. The first-order valence-electron chi connectivity index (χ1n) is 10.6. The molecule has 0 spiro atoms. The number of carbonyl (C=O) groups excluding carboxylic acids is 1. The number of hydrogen-bond donors (Lipinski definition) is 1. The molecule has 0 aliphatic rings. The first kappa shape index (κ1) is 24.8. The van der Waals surface area contributed by atoms with E-state index >= 15 is 0 Å². The molecular weight excluding hydrogens is 460 g/mol. The Kier molecular flexibility index (Phi) is 7.19. The van der Waals surface area contributed by atoms with E-state index in [1.807, 2.05) is 19.1 Å². The summed E-state index contributed by atoms with van der Waals surface area (Å²) in [7, 11) is -2.38. The van der Waals surface area contributed by atoms with Gasteiger partial charge in [-0.3, -0.25) is 13.8 Å². The summed E-state index contributed by atoms with van der Waals surface area (Å²) in [5.41, 5.74) is 3.72. The number of aromatic nitrogens is 2. The van der Waals surface area contributed by atoms with Crippen LogP contribution in [0.25, 0.3) is 0 Å². The predicted molar refractivity (Wildman–Crippen MR) is 133 cm³/mol. The predicted octanol–water partition coefficient (Wildman–Crippen LogP) is 4.96. The molecule has 0 radical (unpaired) electrons. The van der Waals surface area contributed by atoms with Crippen LogP contribution in [-0.4, -0.2) is 30.7 Å². The van der Waals surface area contributed by atoms with Gasteiger partial charge in [0.05, 0.1) is 17.1 Å². The van der Waals surface area contributed by atoms with Crippen LogP contribution in [0.5, 0.6) is 0 Å². The van der Waals surface area contributed by atoms with E-state index in [1.54, 1.807) is 51.2 Å². The Morgan fingerprint density at radius 1 is 1.12 bits per heavy atom. The van der Waals surface area contributed by atoms with E-state index in [0.717, 1.165) is 15.4 Å². The molecule has 9 heteroatoms. The molecule has 1 amide bonds.